The second kappa shape index (κ2) is 6.99. The molecule has 0 bridgehead atoms. The van der Waals surface area contributed by atoms with Gasteiger partial charge in [0.15, 0.2) is 0 Å². The monoisotopic (exact) mass is 241 g/mol. The summed E-state index contributed by atoms with van der Waals surface area (Å²) in [5.74, 6) is -1.17. The zero-order valence-corrected chi connectivity index (χ0v) is 9.93. The van der Waals surface area contributed by atoms with E-state index in [4.69, 9.17) is 0 Å². The third-order valence-corrected chi connectivity index (χ3v) is 2.49. The fourth-order valence-corrected chi connectivity index (χ4v) is 1.49. The van der Waals surface area contributed by atoms with E-state index in [9.17, 15) is 13.6 Å². The van der Waals surface area contributed by atoms with Crippen molar-refractivity contribution in [3.05, 3.63) is 35.4 Å². The third kappa shape index (κ3) is 4.93. The fraction of sp³-hybridized carbons (Fsp3) is 0.462. The lowest BCUT2D eigenvalue weighted by atomic mass is 10.1. The van der Waals surface area contributed by atoms with E-state index in [-0.39, 0.29) is 5.91 Å². The highest BCUT2D eigenvalue weighted by atomic mass is 19.1. The molecule has 0 aliphatic carbocycles. The van der Waals surface area contributed by atoms with Gasteiger partial charge >= 0.3 is 0 Å². The highest BCUT2D eigenvalue weighted by Crippen LogP contribution is 2.09. The second-order valence-electron chi connectivity index (χ2n) is 3.94. The van der Waals surface area contributed by atoms with Crippen LogP contribution in [0.25, 0.3) is 0 Å². The zero-order chi connectivity index (χ0) is 12.7. The van der Waals surface area contributed by atoms with Crippen LogP contribution in [0.5, 0.6) is 0 Å². The van der Waals surface area contributed by atoms with Crippen molar-refractivity contribution in [3.63, 3.8) is 0 Å². The Morgan fingerprint density at radius 3 is 2.76 bits per heavy atom. The van der Waals surface area contributed by atoms with Gasteiger partial charge in [0.25, 0.3) is 0 Å². The molecule has 1 aromatic rings. The minimum atomic E-state index is -0.585. The van der Waals surface area contributed by atoms with E-state index in [0.717, 1.165) is 18.9 Å². The predicted molar refractivity (Wildman–Crippen MR) is 62.6 cm³/mol. The third-order valence-electron chi connectivity index (χ3n) is 2.49. The largest absolute Gasteiger partial charge is 0.356 e. The number of carbonyl (C=O) groups is 1. The van der Waals surface area contributed by atoms with Crippen LogP contribution in [0.15, 0.2) is 18.2 Å². The number of hydrogen-bond acceptors (Lipinski definition) is 1. The van der Waals surface area contributed by atoms with Crippen molar-refractivity contribution < 1.29 is 13.6 Å². The maximum Gasteiger partial charge on any atom is 0.220 e. The van der Waals surface area contributed by atoms with Gasteiger partial charge in [0.2, 0.25) is 5.91 Å². The van der Waals surface area contributed by atoms with Crippen LogP contribution in [-0.4, -0.2) is 12.5 Å². The van der Waals surface area contributed by atoms with Crippen molar-refractivity contribution in [1.82, 2.24) is 5.32 Å². The molecule has 0 radical (unpaired) electrons. The summed E-state index contributed by atoms with van der Waals surface area (Å²) in [6, 6.07) is 3.48. The molecule has 0 fully saturated rings. The Balaban J connectivity index is 2.33. The highest BCUT2D eigenvalue weighted by molar-refractivity contribution is 5.75. The molecule has 0 unspecified atom stereocenters. The second-order valence-corrected chi connectivity index (χ2v) is 3.94. The van der Waals surface area contributed by atoms with Gasteiger partial charge in [-0.3, -0.25) is 4.79 Å². The molecular weight excluding hydrogens is 224 g/mol. The molecule has 0 saturated carbocycles. The van der Waals surface area contributed by atoms with Crippen LogP contribution < -0.4 is 5.32 Å². The molecule has 0 spiro atoms. The molecule has 0 saturated heterocycles. The predicted octanol–water partition coefficient (Wildman–Crippen LogP) is 2.81. The number of hydrogen-bond donors (Lipinski definition) is 1. The molecule has 0 aromatic heterocycles. The number of nitrogens with one attached hydrogen (secondary N) is 1. The molecule has 17 heavy (non-hydrogen) atoms. The Kier molecular flexibility index (Phi) is 5.60. The molecule has 0 aliphatic rings. The van der Waals surface area contributed by atoms with Gasteiger partial charge in [-0.15, -0.1) is 0 Å². The molecule has 1 N–H and O–H groups in total. The van der Waals surface area contributed by atoms with Gasteiger partial charge in [0.1, 0.15) is 11.6 Å². The summed E-state index contributed by atoms with van der Waals surface area (Å²) in [5.41, 5.74) is 0.419. The van der Waals surface area contributed by atoms with Crippen molar-refractivity contribution in [2.24, 2.45) is 0 Å². The topological polar surface area (TPSA) is 29.1 Å². The fourth-order valence-electron chi connectivity index (χ4n) is 1.49. The molecule has 4 heteroatoms. The van der Waals surface area contributed by atoms with Crippen molar-refractivity contribution >= 4 is 5.91 Å². The Morgan fingerprint density at radius 2 is 2.12 bits per heavy atom. The van der Waals surface area contributed by atoms with E-state index in [1.165, 1.54) is 12.1 Å². The quantitative estimate of drug-likeness (QED) is 0.815. The summed E-state index contributed by atoms with van der Waals surface area (Å²) < 4.78 is 25.9. The van der Waals surface area contributed by atoms with Crippen molar-refractivity contribution in [2.45, 2.75) is 32.6 Å². The molecule has 1 aromatic carbocycles. The Morgan fingerprint density at radius 1 is 1.35 bits per heavy atom. The normalized spacial score (nSPS) is 10.3. The van der Waals surface area contributed by atoms with Crippen LogP contribution in [0.2, 0.25) is 0 Å². The first-order chi connectivity index (χ1) is 8.13. The van der Waals surface area contributed by atoms with E-state index < -0.39 is 11.6 Å². The highest BCUT2D eigenvalue weighted by Gasteiger charge is 2.04. The molecule has 1 rings (SSSR count). The summed E-state index contributed by atoms with van der Waals surface area (Å²) >= 11 is 0. The summed E-state index contributed by atoms with van der Waals surface area (Å²) in [5, 5.41) is 2.71. The maximum atomic E-state index is 13.2. The van der Waals surface area contributed by atoms with Gasteiger partial charge in [-0.25, -0.2) is 8.78 Å². The van der Waals surface area contributed by atoms with E-state index in [1.807, 2.05) is 6.92 Å². The average molecular weight is 241 g/mol. The lowest BCUT2D eigenvalue weighted by Crippen LogP contribution is -2.25. The van der Waals surface area contributed by atoms with Crippen LogP contribution in [0.1, 0.15) is 31.7 Å². The van der Waals surface area contributed by atoms with Gasteiger partial charge in [-0.1, -0.05) is 19.4 Å². The standard InChI is InChI=1S/C13H17F2NO/c1-2-3-4-13(17)16-8-7-10-5-6-11(14)9-12(10)15/h5-6,9H,2-4,7-8H2,1H3,(H,16,17). The zero-order valence-electron chi connectivity index (χ0n) is 9.93. The van der Waals surface area contributed by atoms with Crippen LogP contribution in [0.3, 0.4) is 0 Å². The summed E-state index contributed by atoms with van der Waals surface area (Å²) in [6.45, 7) is 2.40. The smallest absolute Gasteiger partial charge is 0.220 e. The van der Waals surface area contributed by atoms with Gasteiger partial charge in [-0.2, -0.15) is 0 Å². The Hall–Kier alpha value is -1.45. The Labute approximate surface area is 100 Å². The van der Waals surface area contributed by atoms with Gasteiger partial charge < -0.3 is 5.32 Å². The number of rotatable bonds is 6. The number of amides is 1. The molecular formula is C13H17F2NO. The molecule has 0 heterocycles. The maximum absolute atomic E-state index is 13.2. The molecule has 0 atom stereocenters. The number of carbonyl (C=O) groups excluding carboxylic acids is 1. The summed E-state index contributed by atoms with van der Waals surface area (Å²) in [7, 11) is 0. The number of benzene rings is 1. The van der Waals surface area contributed by atoms with Gasteiger partial charge in [0, 0.05) is 19.0 Å². The summed E-state index contributed by atoms with van der Waals surface area (Å²) in [4.78, 5) is 11.3. The average Bonchev–Trinajstić information content (AvgIpc) is 2.29. The van der Waals surface area contributed by atoms with Crippen molar-refractivity contribution in [1.29, 1.82) is 0 Å². The van der Waals surface area contributed by atoms with Gasteiger partial charge in [0.05, 0.1) is 0 Å². The molecule has 2 nitrogen and oxygen atoms in total. The SMILES string of the molecule is CCCCC(=O)NCCc1ccc(F)cc1F. The molecule has 94 valence electrons. The first-order valence-electron chi connectivity index (χ1n) is 5.84. The van der Waals surface area contributed by atoms with Crippen molar-refractivity contribution in [2.75, 3.05) is 6.54 Å². The van der Waals surface area contributed by atoms with E-state index >= 15 is 0 Å². The lowest BCUT2D eigenvalue weighted by Gasteiger charge is -2.05. The van der Waals surface area contributed by atoms with Crippen LogP contribution in [0, 0.1) is 11.6 Å². The lowest BCUT2D eigenvalue weighted by molar-refractivity contribution is -0.121. The number of halogens is 2. The van der Waals surface area contributed by atoms with Crippen LogP contribution in [0.4, 0.5) is 8.78 Å². The first kappa shape index (κ1) is 13.6. The number of unbranched alkanes of at least 4 members (excludes halogenated alkanes) is 1. The molecule has 1 amide bonds. The minimum Gasteiger partial charge on any atom is -0.356 e. The molecule has 0 aliphatic heterocycles. The van der Waals surface area contributed by atoms with E-state index in [0.29, 0.717) is 24.9 Å². The van der Waals surface area contributed by atoms with Crippen LogP contribution in [-0.2, 0) is 11.2 Å². The first-order valence-corrected chi connectivity index (χ1v) is 5.84. The Bertz CT molecular complexity index is 380. The van der Waals surface area contributed by atoms with E-state index in [2.05, 4.69) is 5.32 Å². The minimum absolute atomic E-state index is 0.0191. The van der Waals surface area contributed by atoms with Crippen LogP contribution >= 0.6 is 0 Å². The summed E-state index contributed by atoms with van der Waals surface area (Å²) in [6.07, 6.45) is 2.71. The van der Waals surface area contributed by atoms with Gasteiger partial charge in [-0.05, 0) is 24.5 Å². The van der Waals surface area contributed by atoms with Crippen molar-refractivity contribution in [3.8, 4) is 0 Å². The van der Waals surface area contributed by atoms with E-state index in [1.54, 1.807) is 0 Å².